The largest absolute Gasteiger partial charge is 0.358 e. The Kier molecular flexibility index (Phi) is 2.58. The van der Waals surface area contributed by atoms with Gasteiger partial charge in [0.25, 0.3) is 21.5 Å². The first-order valence-corrected chi connectivity index (χ1v) is 6.22. The highest BCUT2D eigenvalue weighted by Gasteiger charge is 2.04. The van der Waals surface area contributed by atoms with Crippen molar-refractivity contribution in [2.45, 2.75) is 0 Å². The normalized spacial score (nSPS) is 10.5. The number of anilines is 1. The van der Waals surface area contributed by atoms with Crippen LogP contribution in [0.2, 0.25) is 0 Å². The highest BCUT2D eigenvalue weighted by atomic mass is 127. The van der Waals surface area contributed by atoms with Gasteiger partial charge in [0.1, 0.15) is 10.1 Å². The van der Waals surface area contributed by atoms with E-state index in [-0.39, 0.29) is 0 Å². The van der Waals surface area contributed by atoms with Crippen molar-refractivity contribution in [1.29, 1.82) is 0 Å². The molecule has 2 rings (SSSR count). The predicted molar refractivity (Wildman–Crippen MR) is 62.1 cm³/mol. The average Bonchev–Trinajstić information content (AvgIpc) is 2.49. The summed E-state index contributed by atoms with van der Waals surface area (Å²) in [5, 5.41) is 0. The maximum Gasteiger partial charge on any atom is 0.270 e. The molecule has 0 spiro atoms. The molecule has 0 fully saturated rings. The summed E-state index contributed by atoms with van der Waals surface area (Å²) in [7, 11) is 0. The quantitative estimate of drug-likeness (QED) is 0.495. The van der Waals surface area contributed by atoms with Gasteiger partial charge in [-0.2, -0.15) is 0 Å². The van der Waals surface area contributed by atoms with Crippen LogP contribution in [0, 0.1) is 0 Å². The molecule has 0 amide bonds. The highest BCUT2D eigenvalue weighted by Crippen LogP contribution is 2.24. The second-order valence-electron chi connectivity index (χ2n) is 2.40. The first-order chi connectivity index (χ1) is 6.31. The van der Waals surface area contributed by atoms with E-state index in [1.165, 1.54) is 0 Å². The van der Waals surface area contributed by atoms with Crippen molar-refractivity contribution >= 4 is 54.1 Å². The van der Waals surface area contributed by atoms with Crippen LogP contribution < -0.4 is 3.53 Å². The number of halogens is 2. The number of aromatic nitrogens is 2. The molecule has 0 bridgehead atoms. The molecule has 2 aromatic heterocycles. The molecule has 68 valence electrons. The summed E-state index contributed by atoms with van der Waals surface area (Å²) in [5.41, 5.74) is 2.53. The molecular formula is C7H5BrIN3O. The zero-order valence-electron chi connectivity index (χ0n) is 6.34. The number of H-pyrrole nitrogens is 1. The number of nitrogens with zero attached hydrogens (tertiary/aromatic N) is 1. The summed E-state index contributed by atoms with van der Waals surface area (Å²) in [6, 6.07) is 3.77. The van der Waals surface area contributed by atoms with E-state index in [1.807, 2.05) is 12.1 Å². The van der Waals surface area contributed by atoms with Gasteiger partial charge in [-0.25, -0.2) is 8.05 Å². The van der Waals surface area contributed by atoms with Gasteiger partial charge in [-0.05, 0) is 28.1 Å². The molecule has 0 aliphatic rings. The zero-order chi connectivity index (χ0) is 9.26. The molecule has 4 nitrogen and oxygen atoms in total. The molecule has 2 N–H and O–H groups in total. The summed E-state index contributed by atoms with van der Waals surface area (Å²) >= 11 is 2.08. The summed E-state index contributed by atoms with van der Waals surface area (Å²) in [6.45, 7) is 0. The Bertz CT molecular complexity index is 456. The minimum absolute atomic E-state index is 0.770. The van der Waals surface area contributed by atoms with Crippen molar-refractivity contribution in [3.8, 4) is 0 Å². The number of aromatic amines is 1. The van der Waals surface area contributed by atoms with E-state index in [0.717, 1.165) is 21.3 Å². The number of fused-ring (bicyclic) bond motifs is 1. The topological polar surface area (TPSA) is 57.8 Å². The molecular weight excluding hydrogens is 349 g/mol. The summed E-state index contributed by atoms with van der Waals surface area (Å²) in [4.78, 5) is 7.29. The lowest BCUT2D eigenvalue weighted by molar-refractivity contribution is 0.648. The van der Waals surface area contributed by atoms with E-state index >= 15 is 0 Å². The average molecular weight is 354 g/mol. The van der Waals surface area contributed by atoms with Crippen LogP contribution in [0.3, 0.4) is 0 Å². The van der Waals surface area contributed by atoms with Gasteiger partial charge < -0.3 is 4.98 Å². The van der Waals surface area contributed by atoms with Crippen molar-refractivity contribution in [3.05, 3.63) is 22.9 Å². The van der Waals surface area contributed by atoms with Crippen LogP contribution in [-0.2, 0) is 3.07 Å². The third-order valence-electron chi connectivity index (χ3n) is 1.63. The van der Waals surface area contributed by atoms with Crippen LogP contribution in [-0.4, -0.2) is 9.97 Å². The molecule has 0 aliphatic heterocycles. The third-order valence-corrected chi connectivity index (χ3v) is 2.87. The number of hydrogen-bond acceptors (Lipinski definition) is 2. The first-order valence-electron chi connectivity index (χ1n) is 3.47. The molecule has 0 aromatic carbocycles. The Morgan fingerprint density at radius 2 is 2.38 bits per heavy atom. The highest BCUT2D eigenvalue weighted by molar-refractivity contribution is 14.1. The van der Waals surface area contributed by atoms with Crippen molar-refractivity contribution in [3.63, 3.8) is 0 Å². The van der Waals surface area contributed by atoms with E-state index in [0.29, 0.717) is 0 Å². The molecule has 0 aliphatic carbocycles. The van der Waals surface area contributed by atoms with Crippen LogP contribution in [0.15, 0.2) is 22.9 Å². The van der Waals surface area contributed by atoms with E-state index < -0.39 is 21.5 Å². The van der Waals surface area contributed by atoms with Crippen LogP contribution in [0.1, 0.15) is 0 Å². The minimum atomic E-state index is -1.21. The summed E-state index contributed by atoms with van der Waals surface area (Å²) < 4.78 is 14.0. The minimum Gasteiger partial charge on any atom is -0.358 e. The maximum absolute atomic E-state index is 10.5. The fourth-order valence-corrected chi connectivity index (χ4v) is 2.05. The zero-order valence-corrected chi connectivity index (χ0v) is 10.1. The van der Waals surface area contributed by atoms with Gasteiger partial charge >= 0.3 is 0 Å². The van der Waals surface area contributed by atoms with Gasteiger partial charge in [-0.15, -0.1) is 0 Å². The molecule has 0 atom stereocenters. The number of pyridine rings is 1. The maximum atomic E-state index is 10.5. The third kappa shape index (κ3) is 1.73. The lowest BCUT2D eigenvalue weighted by atomic mass is 10.4. The van der Waals surface area contributed by atoms with E-state index in [4.69, 9.17) is 0 Å². The Balaban J connectivity index is 2.64. The predicted octanol–water partition coefficient (Wildman–Crippen LogP) is 2.97. The summed E-state index contributed by atoms with van der Waals surface area (Å²) in [6.07, 6.45) is 1.77. The van der Waals surface area contributed by atoms with E-state index in [9.17, 15) is 3.07 Å². The van der Waals surface area contributed by atoms with Gasteiger partial charge in [0.2, 0.25) is 0 Å². The Morgan fingerprint density at radius 3 is 3.15 bits per heavy atom. The Morgan fingerprint density at radius 1 is 1.54 bits per heavy atom. The lowest BCUT2D eigenvalue weighted by Crippen LogP contribution is -1.80. The number of rotatable bonds is 2. The van der Waals surface area contributed by atoms with Crippen LogP contribution >= 0.6 is 37.4 Å². The fraction of sp³-hybridized carbons (Fsp3) is 0. The Labute approximate surface area is 93.3 Å². The fourth-order valence-electron chi connectivity index (χ4n) is 1.09. The molecule has 0 radical (unpaired) electrons. The molecule has 2 aromatic rings. The van der Waals surface area contributed by atoms with Crippen molar-refractivity contribution in [2.75, 3.05) is 3.53 Å². The van der Waals surface area contributed by atoms with Crippen LogP contribution in [0.25, 0.3) is 11.0 Å². The smallest absolute Gasteiger partial charge is 0.270 e. The number of nitrogens with one attached hydrogen (secondary N) is 2. The van der Waals surface area contributed by atoms with Crippen LogP contribution in [0.5, 0.6) is 0 Å². The molecule has 13 heavy (non-hydrogen) atoms. The second kappa shape index (κ2) is 3.70. The molecule has 0 unspecified atom stereocenters. The second-order valence-corrected chi connectivity index (χ2v) is 4.20. The van der Waals surface area contributed by atoms with Gasteiger partial charge in [0.05, 0.1) is 11.2 Å². The standard InChI is InChI=1S/C7H5BrIN3O/c8-6-2-1-4-7(11-6)5(3-10-4)12-9-13/h1-3,10H,(H,12,13). The molecule has 0 saturated heterocycles. The van der Waals surface area contributed by atoms with Gasteiger partial charge in [-0.1, -0.05) is 0 Å². The molecule has 2 heterocycles. The first kappa shape index (κ1) is 9.07. The van der Waals surface area contributed by atoms with E-state index in [2.05, 4.69) is 29.4 Å². The van der Waals surface area contributed by atoms with Crippen molar-refractivity contribution in [2.24, 2.45) is 0 Å². The molecule has 0 saturated carbocycles. The van der Waals surface area contributed by atoms with Crippen molar-refractivity contribution in [1.82, 2.24) is 9.97 Å². The van der Waals surface area contributed by atoms with Crippen LogP contribution in [0.4, 0.5) is 5.69 Å². The van der Waals surface area contributed by atoms with Gasteiger partial charge in [0, 0.05) is 6.20 Å². The van der Waals surface area contributed by atoms with Gasteiger partial charge in [-0.3, -0.25) is 3.53 Å². The summed E-state index contributed by atoms with van der Waals surface area (Å²) in [5.74, 6) is 0. The van der Waals surface area contributed by atoms with Gasteiger partial charge in [0.15, 0.2) is 0 Å². The number of hydrogen-bond donors (Lipinski definition) is 2. The lowest BCUT2D eigenvalue weighted by Gasteiger charge is -1.93. The SMILES string of the molecule is O=INc1c[nH]c2ccc(Br)nc12. The van der Waals surface area contributed by atoms with Crippen molar-refractivity contribution < 1.29 is 3.07 Å². The Hall–Kier alpha value is -0.500. The monoisotopic (exact) mass is 353 g/mol. The molecule has 6 heteroatoms. The van der Waals surface area contributed by atoms with E-state index in [1.54, 1.807) is 6.20 Å².